The largest absolute Gasteiger partial charge is 0.396 e. The monoisotopic (exact) mass is 148 g/mol. The lowest BCUT2D eigenvalue weighted by Crippen LogP contribution is -1.85. The molecule has 0 saturated carbocycles. The second-order valence-electron chi connectivity index (χ2n) is 1.82. The summed E-state index contributed by atoms with van der Waals surface area (Å²) in [6, 6.07) is 0. The van der Waals surface area contributed by atoms with Gasteiger partial charge in [0.1, 0.15) is 0 Å². The number of aliphatic hydroxyl groups excluding tert-OH is 2. The summed E-state index contributed by atoms with van der Waals surface area (Å²) in [4.78, 5) is 0. The number of hydrogen-bond acceptors (Lipinski definition) is 2. The van der Waals surface area contributed by atoms with E-state index in [1.807, 2.05) is 6.92 Å². The standard InChI is InChI=1S/2C3H8O.C2H4/c1-3(2)4;1-2-3-4;1-2/h3-4H,1-2H3;4H,2-3H2,1H3;1-2H2. The molecule has 10 heavy (non-hydrogen) atoms. The fraction of sp³-hybridized carbons (Fsp3) is 0.750. The predicted octanol–water partition coefficient (Wildman–Crippen LogP) is 1.58. The van der Waals surface area contributed by atoms with Gasteiger partial charge in [0.25, 0.3) is 0 Å². The number of hydrogen-bond donors (Lipinski definition) is 2. The first-order valence-electron chi connectivity index (χ1n) is 3.44. The normalized spacial score (nSPS) is 7.00. The van der Waals surface area contributed by atoms with Crippen LogP contribution in [0.3, 0.4) is 0 Å². The molecule has 0 fully saturated rings. The fourth-order valence-electron chi connectivity index (χ4n) is 0. The van der Waals surface area contributed by atoms with Crippen molar-refractivity contribution < 1.29 is 10.2 Å². The summed E-state index contributed by atoms with van der Waals surface area (Å²) < 4.78 is 0. The summed E-state index contributed by atoms with van der Waals surface area (Å²) in [5.74, 6) is 0. The Morgan fingerprint density at radius 3 is 1.40 bits per heavy atom. The van der Waals surface area contributed by atoms with Crippen LogP contribution in [-0.2, 0) is 0 Å². The van der Waals surface area contributed by atoms with E-state index in [2.05, 4.69) is 13.2 Å². The molecule has 0 aromatic carbocycles. The van der Waals surface area contributed by atoms with E-state index in [0.29, 0.717) is 6.61 Å². The number of rotatable bonds is 1. The predicted molar refractivity (Wildman–Crippen MR) is 46.0 cm³/mol. The van der Waals surface area contributed by atoms with E-state index in [1.54, 1.807) is 13.8 Å². The van der Waals surface area contributed by atoms with Crippen LogP contribution in [-0.4, -0.2) is 22.9 Å². The molecule has 0 radical (unpaired) electrons. The van der Waals surface area contributed by atoms with Gasteiger partial charge in [-0.3, -0.25) is 0 Å². The molecular weight excluding hydrogens is 128 g/mol. The molecule has 0 heterocycles. The first-order chi connectivity index (χ1) is 4.65. The Labute approximate surface area is 64.2 Å². The average molecular weight is 148 g/mol. The van der Waals surface area contributed by atoms with Crippen molar-refractivity contribution in [1.29, 1.82) is 0 Å². The third kappa shape index (κ3) is 780. The number of aliphatic hydroxyl groups is 2. The third-order valence-corrected chi connectivity index (χ3v) is 0.224. The first kappa shape index (κ1) is 16.3. The van der Waals surface area contributed by atoms with E-state index in [1.165, 1.54) is 0 Å². The molecule has 0 aromatic rings. The molecule has 0 rings (SSSR count). The Balaban J connectivity index is -0.0000000787. The Hall–Kier alpha value is -0.340. The van der Waals surface area contributed by atoms with Crippen LogP contribution in [0, 0.1) is 0 Å². The molecule has 2 N–H and O–H groups in total. The Bertz CT molecular complexity index is 31.5. The van der Waals surface area contributed by atoms with Crippen molar-refractivity contribution in [3.8, 4) is 0 Å². The summed E-state index contributed by atoms with van der Waals surface area (Å²) >= 11 is 0. The zero-order valence-corrected chi connectivity index (χ0v) is 7.30. The molecule has 0 aliphatic carbocycles. The smallest absolute Gasteiger partial charge is 0.0483 e. The van der Waals surface area contributed by atoms with Crippen molar-refractivity contribution in [3.05, 3.63) is 13.2 Å². The zero-order chi connectivity index (χ0) is 8.99. The lowest BCUT2D eigenvalue weighted by Gasteiger charge is -1.80. The van der Waals surface area contributed by atoms with Crippen molar-refractivity contribution in [2.45, 2.75) is 33.3 Å². The van der Waals surface area contributed by atoms with Crippen LogP contribution >= 0.6 is 0 Å². The van der Waals surface area contributed by atoms with E-state index in [0.717, 1.165) is 6.42 Å². The van der Waals surface area contributed by atoms with Crippen LogP contribution in [0.2, 0.25) is 0 Å². The van der Waals surface area contributed by atoms with Crippen LogP contribution in [0.5, 0.6) is 0 Å². The summed E-state index contributed by atoms with van der Waals surface area (Å²) in [5.41, 5.74) is 0. The highest BCUT2D eigenvalue weighted by Gasteiger charge is 1.69. The van der Waals surface area contributed by atoms with E-state index < -0.39 is 0 Å². The molecule has 0 bridgehead atoms. The Morgan fingerprint density at radius 2 is 1.40 bits per heavy atom. The zero-order valence-electron chi connectivity index (χ0n) is 7.30. The van der Waals surface area contributed by atoms with Gasteiger partial charge in [-0.15, -0.1) is 13.2 Å². The van der Waals surface area contributed by atoms with E-state index in [-0.39, 0.29) is 6.10 Å². The Kier molecular flexibility index (Phi) is 38.2. The molecule has 2 heteroatoms. The first-order valence-corrected chi connectivity index (χ1v) is 3.44. The molecule has 0 unspecified atom stereocenters. The van der Waals surface area contributed by atoms with Crippen LogP contribution < -0.4 is 0 Å². The van der Waals surface area contributed by atoms with E-state index >= 15 is 0 Å². The average Bonchev–Trinajstić information content (AvgIpc) is 1.91. The molecule has 0 spiro atoms. The SMILES string of the molecule is C=C.CC(C)O.CCCO. The molecule has 0 amide bonds. The molecule has 0 aromatic heterocycles. The van der Waals surface area contributed by atoms with Gasteiger partial charge in [-0.25, -0.2) is 0 Å². The molecule has 2 nitrogen and oxygen atoms in total. The van der Waals surface area contributed by atoms with Crippen LogP contribution in [0.4, 0.5) is 0 Å². The van der Waals surface area contributed by atoms with Gasteiger partial charge in [0, 0.05) is 12.7 Å². The lowest BCUT2D eigenvalue weighted by atomic mass is 10.5. The van der Waals surface area contributed by atoms with Gasteiger partial charge in [0.05, 0.1) is 0 Å². The van der Waals surface area contributed by atoms with Crippen molar-refractivity contribution in [2.24, 2.45) is 0 Å². The van der Waals surface area contributed by atoms with Crippen molar-refractivity contribution >= 4 is 0 Å². The molecule has 0 aliphatic rings. The van der Waals surface area contributed by atoms with Gasteiger partial charge in [0.2, 0.25) is 0 Å². The van der Waals surface area contributed by atoms with E-state index in [4.69, 9.17) is 10.2 Å². The molecular formula is C8H20O2. The van der Waals surface area contributed by atoms with Gasteiger partial charge in [-0.2, -0.15) is 0 Å². The highest BCUT2D eigenvalue weighted by Crippen LogP contribution is 1.65. The minimum Gasteiger partial charge on any atom is -0.396 e. The second-order valence-corrected chi connectivity index (χ2v) is 1.82. The maximum Gasteiger partial charge on any atom is 0.0483 e. The van der Waals surface area contributed by atoms with E-state index in [9.17, 15) is 0 Å². The molecule has 0 saturated heterocycles. The van der Waals surface area contributed by atoms with Crippen molar-refractivity contribution in [2.75, 3.05) is 6.61 Å². The third-order valence-electron chi connectivity index (χ3n) is 0.224. The Morgan fingerprint density at radius 1 is 1.30 bits per heavy atom. The highest BCUT2D eigenvalue weighted by molar-refractivity contribution is 4.22. The topological polar surface area (TPSA) is 40.5 Å². The fourth-order valence-corrected chi connectivity index (χ4v) is 0. The van der Waals surface area contributed by atoms with Crippen molar-refractivity contribution in [1.82, 2.24) is 0 Å². The van der Waals surface area contributed by atoms with Gasteiger partial charge < -0.3 is 10.2 Å². The second kappa shape index (κ2) is 23.4. The van der Waals surface area contributed by atoms with Crippen molar-refractivity contribution in [3.63, 3.8) is 0 Å². The molecule has 0 aliphatic heterocycles. The minimum atomic E-state index is -0.167. The van der Waals surface area contributed by atoms with Gasteiger partial charge >= 0.3 is 0 Å². The lowest BCUT2D eigenvalue weighted by molar-refractivity contribution is 0.216. The maximum atomic E-state index is 8.06. The van der Waals surface area contributed by atoms with Gasteiger partial charge in [-0.05, 0) is 20.3 Å². The molecule has 0 atom stereocenters. The highest BCUT2D eigenvalue weighted by atomic mass is 16.3. The summed E-state index contributed by atoms with van der Waals surface area (Å²) in [6.45, 7) is 11.7. The van der Waals surface area contributed by atoms with Crippen LogP contribution in [0.1, 0.15) is 27.2 Å². The van der Waals surface area contributed by atoms with Crippen LogP contribution in [0.15, 0.2) is 13.2 Å². The maximum absolute atomic E-state index is 8.06. The molecule has 64 valence electrons. The van der Waals surface area contributed by atoms with Gasteiger partial charge in [-0.1, -0.05) is 6.92 Å². The summed E-state index contributed by atoms with van der Waals surface area (Å²) in [7, 11) is 0. The van der Waals surface area contributed by atoms with Crippen LogP contribution in [0.25, 0.3) is 0 Å². The van der Waals surface area contributed by atoms with Gasteiger partial charge in [0.15, 0.2) is 0 Å². The quantitative estimate of drug-likeness (QED) is 0.554. The summed E-state index contributed by atoms with van der Waals surface area (Å²) in [5, 5.41) is 15.9. The minimum absolute atomic E-state index is 0.167. The summed E-state index contributed by atoms with van der Waals surface area (Å²) in [6.07, 6.45) is 0.708.